The average Bonchev–Trinajstić information content (AvgIpc) is 2.44. The Morgan fingerprint density at radius 2 is 1.67 bits per heavy atom. The fraction of sp³-hybridized carbons (Fsp3) is 0.611. The van der Waals surface area contributed by atoms with Crippen molar-refractivity contribution in [2.75, 3.05) is 7.11 Å². The zero-order valence-corrected chi connectivity index (χ0v) is 13.8. The first-order chi connectivity index (χ1) is 9.79. The van der Waals surface area contributed by atoms with Crippen LogP contribution >= 0.6 is 0 Å². The van der Waals surface area contributed by atoms with Crippen LogP contribution in [0.4, 0.5) is 0 Å². The Balaban J connectivity index is 2.60. The van der Waals surface area contributed by atoms with Gasteiger partial charge in [0.25, 0.3) is 0 Å². The fourth-order valence-electron chi connectivity index (χ4n) is 3.46. The molecule has 0 fully saturated rings. The summed E-state index contributed by atoms with van der Waals surface area (Å²) in [6.45, 7) is 7.80. The minimum absolute atomic E-state index is 0.505. The maximum Gasteiger partial charge on any atom is 0.309 e. The predicted octanol–water partition coefficient (Wildman–Crippen LogP) is 3.84. The number of benzene rings is 1. The van der Waals surface area contributed by atoms with E-state index in [2.05, 4.69) is 13.8 Å². The monoisotopic (exact) mass is 290 g/mol. The van der Waals surface area contributed by atoms with Crippen LogP contribution in [0.2, 0.25) is 0 Å². The Labute approximate surface area is 127 Å². The van der Waals surface area contributed by atoms with E-state index in [1.165, 1.54) is 35.1 Å². The largest absolute Gasteiger partial charge is 0.496 e. The third kappa shape index (κ3) is 2.78. The summed E-state index contributed by atoms with van der Waals surface area (Å²) in [7, 11) is 1.69. The normalized spacial score (nSPS) is 14.7. The molecule has 0 heterocycles. The van der Waals surface area contributed by atoms with Crippen molar-refractivity contribution < 1.29 is 14.6 Å². The summed E-state index contributed by atoms with van der Waals surface area (Å²) >= 11 is 0. The first kappa shape index (κ1) is 15.9. The van der Waals surface area contributed by atoms with Crippen molar-refractivity contribution in [3.63, 3.8) is 0 Å². The highest BCUT2D eigenvalue weighted by Crippen LogP contribution is 2.40. The smallest absolute Gasteiger partial charge is 0.309 e. The molecule has 0 bridgehead atoms. The molecule has 1 aliphatic rings. The second-order valence-corrected chi connectivity index (χ2v) is 6.79. The standard InChI is InChI=1S/C18H26O3/c1-11-13-8-6-7-9-14(13)12(2)16(21-5)15(11)10-18(3,4)17(19)20/h6-10H2,1-5H3,(H,19,20). The minimum Gasteiger partial charge on any atom is -0.496 e. The molecular weight excluding hydrogens is 264 g/mol. The molecule has 0 spiro atoms. The summed E-state index contributed by atoms with van der Waals surface area (Å²) in [5.74, 6) is 0.127. The van der Waals surface area contributed by atoms with Crippen molar-refractivity contribution >= 4 is 5.97 Å². The molecule has 0 aliphatic heterocycles. The lowest BCUT2D eigenvalue weighted by Crippen LogP contribution is -2.27. The molecule has 0 atom stereocenters. The predicted molar refractivity (Wildman–Crippen MR) is 84.2 cm³/mol. The van der Waals surface area contributed by atoms with Gasteiger partial charge in [-0.05, 0) is 87.6 Å². The van der Waals surface area contributed by atoms with Crippen LogP contribution in [-0.4, -0.2) is 18.2 Å². The highest BCUT2D eigenvalue weighted by Gasteiger charge is 2.31. The lowest BCUT2D eigenvalue weighted by molar-refractivity contribution is -0.146. The quantitative estimate of drug-likeness (QED) is 0.916. The van der Waals surface area contributed by atoms with Crippen molar-refractivity contribution in [1.82, 2.24) is 0 Å². The summed E-state index contributed by atoms with van der Waals surface area (Å²) in [5.41, 5.74) is 5.58. The van der Waals surface area contributed by atoms with Crippen LogP contribution in [0.15, 0.2) is 0 Å². The number of aliphatic carboxylic acids is 1. The number of carboxylic acid groups (broad SMARTS) is 1. The molecule has 3 heteroatoms. The topological polar surface area (TPSA) is 46.5 Å². The van der Waals surface area contributed by atoms with Gasteiger partial charge in [0.05, 0.1) is 12.5 Å². The fourth-order valence-corrected chi connectivity index (χ4v) is 3.46. The van der Waals surface area contributed by atoms with Crippen molar-refractivity contribution in [2.24, 2.45) is 5.41 Å². The van der Waals surface area contributed by atoms with E-state index in [0.29, 0.717) is 6.42 Å². The second kappa shape index (κ2) is 5.70. The molecule has 116 valence electrons. The Bertz CT molecular complexity index is 571. The van der Waals surface area contributed by atoms with Crippen LogP contribution < -0.4 is 4.74 Å². The first-order valence-corrected chi connectivity index (χ1v) is 7.70. The summed E-state index contributed by atoms with van der Waals surface area (Å²) in [6, 6.07) is 0. The third-order valence-electron chi connectivity index (χ3n) is 4.84. The van der Waals surface area contributed by atoms with Gasteiger partial charge < -0.3 is 9.84 Å². The summed E-state index contributed by atoms with van der Waals surface area (Å²) in [4.78, 5) is 11.5. The van der Waals surface area contributed by atoms with Gasteiger partial charge in [-0.3, -0.25) is 4.79 Å². The lowest BCUT2D eigenvalue weighted by atomic mass is 9.78. The molecule has 1 N–H and O–H groups in total. The minimum atomic E-state index is -0.784. The van der Waals surface area contributed by atoms with Gasteiger partial charge in [-0.15, -0.1) is 0 Å². The van der Waals surface area contributed by atoms with Gasteiger partial charge in [0, 0.05) is 0 Å². The van der Waals surface area contributed by atoms with Crippen molar-refractivity contribution in [1.29, 1.82) is 0 Å². The number of methoxy groups -OCH3 is 1. The molecule has 1 aromatic rings. The summed E-state index contributed by atoms with van der Waals surface area (Å²) in [5, 5.41) is 9.42. The van der Waals surface area contributed by atoms with Gasteiger partial charge in [-0.2, -0.15) is 0 Å². The van der Waals surface area contributed by atoms with Crippen molar-refractivity contribution in [3.05, 3.63) is 27.8 Å². The molecule has 0 unspecified atom stereocenters. The van der Waals surface area contributed by atoms with E-state index in [4.69, 9.17) is 4.74 Å². The van der Waals surface area contributed by atoms with Crippen molar-refractivity contribution in [3.8, 4) is 5.75 Å². The lowest BCUT2D eigenvalue weighted by Gasteiger charge is -2.28. The van der Waals surface area contributed by atoms with E-state index >= 15 is 0 Å². The number of hydrogen-bond donors (Lipinski definition) is 1. The molecular formula is C18H26O3. The number of carboxylic acids is 1. The van der Waals surface area contributed by atoms with Gasteiger partial charge in [0.2, 0.25) is 0 Å². The van der Waals surface area contributed by atoms with Gasteiger partial charge in [0.15, 0.2) is 0 Å². The Kier molecular flexibility index (Phi) is 4.31. The summed E-state index contributed by atoms with van der Waals surface area (Å²) in [6.07, 6.45) is 5.18. The van der Waals surface area contributed by atoms with Gasteiger partial charge in [0.1, 0.15) is 5.75 Å². The average molecular weight is 290 g/mol. The number of ether oxygens (including phenoxy) is 1. The Morgan fingerprint density at radius 3 is 2.14 bits per heavy atom. The number of fused-ring (bicyclic) bond motifs is 1. The maximum atomic E-state index is 11.5. The zero-order chi connectivity index (χ0) is 15.8. The van der Waals surface area contributed by atoms with Crippen LogP contribution in [-0.2, 0) is 24.1 Å². The molecule has 3 nitrogen and oxygen atoms in total. The highest BCUT2D eigenvalue weighted by atomic mass is 16.5. The second-order valence-electron chi connectivity index (χ2n) is 6.79. The van der Waals surface area contributed by atoms with Crippen molar-refractivity contribution in [2.45, 2.75) is 59.8 Å². The molecule has 21 heavy (non-hydrogen) atoms. The molecule has 0 saturated heterocycles. The highest BCUT2D eigenvalue weighted by molar-refractivity contribution is 5.74. The molecule has 0 radical (unpaired) electrons. The molecule has 0 saturated carbocycles. The molecule has 1 aromatic carbocycles. The molecule has 0 amide bonds. The van der Waals surface area contributed by atoms with E-state index in [-0.39, 0.29) is 0 Å². The van der Waals surface area contributed by atoms with Crippen LogP contribution in [0.1, 0.15) is 54.5 Å². The first-order valence-electron chi connectivity index (χ1n) is 7.70. The van der Waals surface area contributed by atoms with Crippen LogP contribution in [0.25, 0.3) is 0 Å². The number of rotatable bonds is 4. The van der Waals surface area contributed by atoms with E-state index < -0.39 is 11.4 Å². The van der Waals surface area contributed by atoms with E-state index in [1.807, 2.05) is 0 Å². The van der Waals surface area contributed by atoms with Crippen LogP contribution in [0.5, 0.6) is 5.75 Å². The summed E-state index contributed by atoms with van der Waals surface area (Å²) < 4.78 is 5.66. The Morgan fingerprint density at radius 1 is 1.14 bits per heavy atom. The van der Waals surface area contributed by atoms with Crippen LogP contribution in [0.3, 0.4) is 0 Å². The molecule has 2 rings (SSSR count). The van der Waals surface area contributed by atoms with Gasteiger partial charge >= 0.3 is 5.97 Å². The zero-order valence-electron chi connectivity index (χ0n) is 13.8. The van der Waals surface area contributed by atoms with Gasteiger partial charge in [-0.25, -0.2) is 0 Å². The van der Waals surface area contributed by atoms with Gasteiger partial charge in [-0.1, -0.05) is 0 Å². The number of hydrogen-bond acceptors (Lipinski definition) is 2. The van der Waals surface area contributed by atoms with Crippen LogP contribution in [0, 0.1) is 19.3 Å². The van der Waals surface area contributed by atoms with E-state index in [9.17, 15) is 9.90 Å². The maximum absolute atomic E-state index is 11.5. The van der Waals surface area contributed by atoms with E-state index in [1.54, 1.807) is 21.0 Å². The Hall–Kier alpha value is -1.51. The third-order valence-corrected chi connectivity index (χ3v) is 4.84. The number of carbonyl (C=O) groups is 1. The van der Waals surface area contributed by atoms with E-state index in [0.717, 1.165) is 24.2 Å². The SMILES string of the molecule is COc1c(C)c2c(c(C)c1CC(C)(C)C(=O)O)CCCC2. The molecule has 0 aromatic heterocycles. The molecule has 1 aliphatic carbocycles.